The molecular formula is C22H21ClFNO4. The molecular weight excluding hydrogens is 397 g/mol. The Morgan fingerprint density at radius 3 is 2.55 bits per heavy atom. The van der Waals surface area contributed by atoms with Crippen LogP contribution in [0.5, 0.6) is 5.75 Å². The van der Waals surface area contributed by atoms with Crippen LogP contribution in [0.15, 0.2) is 36.4 Å². The minimum atomic E-state index is -0.992. The van der Waals surface area contributed by atoms with Crippen molar-refractivity contribution in [1.29, 1.82) is 0 Å². The number of aliphatic carboxylic acids is 1. The van der Waals surface area contributed by atoms with Gasteiger partial charge in [-0.25, -0.2) is 4.39 Å². The second-order valence-electron chi connectivity index (χ2n) is 7.00. The van der Waals surface area contributed by atoms with Gasteiger partial charge in [0, 0.05) is 16.6 Å². The number of hydrogen-bond donors (Lipinski definition) is 2. The van der Waals surface area contributed by atoms with E-state index in [-0.39, 0.29) is 16.3 Å². The Bertz CT molecular complexity index is 1110. The minimum absolute atomic E-state index is 0.0273. The third-order valence-electron chi connectivity index (χ3n) is 5.10. The highest BCUT2D eigenvalue weighted by molar-refractivity contribution is 6.30. The van der Waals surface area contributed by atoms with Gasteiger partial charge < -0.3 is 10.2 Å². The fraction of sp³-hybridized carbons (Fsp3) is 0.273. The molecule has 1 heterocycles. The maximum Gasteiger partial charge on any atom is 0.311 e. The number of phenolic OH excluding ortho intramolecular Hbond substituents is 1. The number of benzene rings is 2. The Balaban J connectivity index is 2.25. The van der Waals surface area contributed by atoms with Crippen LogP contribution in [0.2, 0.25) is 5.02 Å². The van der Waals surface area contributed by atoms with Crippen molar-refractivity contribution in [2.75, 3.05) is 0 Å². The summed E-state index contributed by atoms with van der Waals surface area (Å²) in [6.07, 6.45) is 1.94. The minimum Gasteiger partial charge on any atom is -0.508 e. The van der Waals surface area contributed by atoms with E-state index < -0.39 is 23.6 Å². The van der Waals surface area contributed by atoms with E-state index in [1.165, 1.54) is 28.8 Å². The Morgan fingerprint density at radius 1 is 1.21 bits per heavy atom. The summed E-state index contributed by atoms with van der Waals surface area (Å²) in [4.78, 5) is 25.2. The van der Waals surface area contributed by atoms with Crippen LogP contribution in [0.1, 0.15) is 53.7 Å². The van der Waals surface area contributed by atoms with Gasteiger partial charge in [0.25, 0.3) is 5.91 Å². The Kier molecular flexibility index (Phi) is 5.94. The molecule has 0 bridgehead atoms. The van der Waals surface area contributed by atoms with Crippen LogP contribution < -0.4 is 0 Å². The molecule has 0 aliphatic carbocycles. The van der Waals surface area contributed by atoms with Crippen LogP contribution in [0.4, 0.5) is 4.39 Å². The monoisotopic (exact) mass is 417 g/mol. The fourth-order valence-electron chi connectivity index (χ4n) is 3.69. The van der Waals surface area contributed by atoms with Crippen molar-refractivity contribution in [2.24, 2.45) is 0 Å². The van der Waals surface area contributed by atoms with E-state index in [2.05, 4.69) is 0 Å². The number of halogens is 2. The molecule has 2 N–H and O–H groups in total. The maximum absolute atomic E-state index is 13.9. The van der Waals surface area contributed by atoms with Gasteiger partial charge in [0.05, 0.1) is 16.5 Å². The summed E-state index contributed by atoms with van der Waals surface area (Å²) in [5, 5.41) is 20.2. The van der Waals surface area contributed by atoms with Crippen LogP contribution >= 0.6 is 11.6 Å². The normalized spacial score (nSPS) is 12.3. The average Bonchev–Trinajstić information content (AvgIpc) is 2.95. The first-order valence-corrected chi connectivity index (χ1v) is 9.70. The first-order valence-electron chi connectivity index (χ1n) is 9.32. The third kappa shape index (κ3) is 3.85. The number of nitrogens with zero attached hydrogens (tertiary/aromatic N) is 1. The molecule has 0 radical (unpaired) electrons. The van der Waals surface area contributed by atoms with Gasteiger partial charge in [-0.1, -0.05) is 31.4 Å². The summed E-state index contributed by atoms with van der Waals surface area (Å²) in [7, 11) is 0. The van der Waals surface area contributed by atoms with Gasteiger partial charge in [-0.2, -0.15) is 0 Å². The van der Waals surface area contributed by atoms with Crippen LogP contribution in [0.25, 0.3) is 10.9 Å². The second kappa shape index (κ2) is 8.25. The summed E-state index contributed by atoms with van der Waals surface area (Å²) in [6.45, 7) is 3.64. The summed E-state index contributed by atoms with van der Waals surface area (Å²) in [5.74, 6) is -3.06. The standard InChI is InChI=1S/C22H21ClFNO4/c1-3-4-5-15(22(28)29)20-12(2)25(19-9-7-14(26)11-16(19)20)21(27)13-6-8-17(23)18(24)10-13/h6-11,15,26H,3-5H2,1-2H3,(H,28,29)/t15-/m0/s1. The van der Waals surface area contributed by atoms with Crippen molar-refractivity contribution in [3.63, 3.8) is 0 Å². The largest absolute Gasteiger partial charge is 0.508 e. The van der Waals surface area contributed by atoms with Crippen LogP contribution in [-0.2, 0) is 4.79 Å². The van der Waals surface area contributed by atoms with E-state index in [1.54, 1.807) is 13.0 Å². The van der Waals surface area contributed by atoms with Gasteiger partial charge in [-0.3, -0.25) is 14.2 Å². The number of aromatic hydroxyl groups is 1. The molecule has 2 aromatic carbocycles. The van der Waals surface area contributed by atoms with Gasteiger partial charge in [-0.15, -0.1) is 0 Å². The zero-order valence-corrected chi connectivity index (χ0v) is 16.8. The number of carbonyl (C=O) groups is 2. The molecule has 0 saturated heterocycles. The second-order valence-corrected chi connectivity index (χ2v) is 7.41. The van der Waals surface area contributed by atoms with Crippen LogP contribution in [0.3, 0.4) is 0 Å². The van der Waals surface area contributed by atoms with E-state index in [0.29, 0.717) is 35.0 Å². The summed E-state index contributed by atoms with van der Waals surface area (Å²) < 4.78 is 15.3. The van der Waals surface area contributed by atoms with E-state index in [1.807, 2.05) is 6.92 Å². The molecule has 0 spiro atoms. The van der Waals surface area contributed by atoms with E-state index in [0.717, 1.165) is 12.5 Å². The number of unbranched alkanes of at least 4 members (excludes halogenated alkanes) is 1. The molecule has 152 valence electrons. The molecule has 1 atom stereocenters. The molecule has 0 fully saturated rings. The lowest BCUT2D eigenvalue weighted by molar-refractivity contribution is -0.139. The fourth-order valence-corrected chi connectivity index (χ4v) is 3.81. The first-order chi connectivity index (χ1) is 13.8. The van der Waals surface area contributed by atoms with Gasteiger partial charge in [0.1, 0.15) is 11.6 Å². The predicted molar refractivity (Wildman–Crippen MR) is 109 cm³/mol. The lowest BCUT2D eigenvalue weighted by atomic mass is 9.91. The molecule has 0 aliphatic heterocycles. The first kappa shape index (κ1) is 20.9. The van der Waals surface area contributed by atoms with Gasteiger partial charge >= 0.3 is 5.97 Å². The number of aromatic nitrogens is 1. The van der Waals surface area contributed by atoms with Crippen molar-refractivity contribution in [3.8, 4) is 5.75 Å². The number of fused-ring (bicyclic) bond motifs is 1. The van der Waals surface area contributed by atoms with Crippen molar-refractivity contribution in [1.82, 2.24) is 4.57 Å². The molecule has 0 aliphatic rings. The van der Waals surface area contributed by atoms with E-state index in [4.69, 9.17) is 11.6 Å². The van der Waals surface area contributed by atoms with E-state index in [9.17, 15) is 24.2 Å². The number of carboxylic acid groups (broad SMARTS) is 1. The lowest BCUT2D eigenvalue weighted by Gasteiger charge is -2.14. The molecule has 0 unspecified atom stereocenters. The lowest BCUT2D eigenvalue weighted by Crippen LogP contribution is -2.16. The summed E-state index contributed by atoms with van der Waals surface area (Å²) in [6, 6.07) is 8.24. The van der Waals surface area contributed by atoms with Crippen LogP contribution in [0, 0.1) is 12.7 Å². The Hall–Kier alpha value is -2.86. The molecule has 29 heavy (non-hydrogen) atoms. The van der Waals surface area contributed by atoms with Crippen molar-refractivity contribution < 1.29 is 24.2 Å². The molecule has 0 amide bonds. The number of phenols is 1. The number of hydrogen-bond acceptors (Lipinski definition) is 3. The predicted octanol–water partition coefficient (Wildman–Crippen LogP) is 5.49. The molecule has 3 aromatic rings. The molecule has 3 rings (SSSR count). The molecule has 0 saturated carbocycles. The highest BCUT2D eigenvalue weighted by atomic mass is 35.5. The van der Waals surface area contributed by atoms with Gasteiger partial charge in [-0.05, 0) is 55.3 Å². The van der Waals surface area contributed by atoms with Gasteiger partial charge in [0.15, 0.2) is 0 Å². The van der Waals surface area contributed by atoms with Crippen molar-refractivity contribution in [2.45, 2.75) is 39.0 Å². The average molecular weight is 418 g/mol. The highest BCUT2D eigenvalue weighted by Crippen LogP contribution is 2.37. The summed E-state index contributed by atoms with van der Waals surface area (Å²) >= 11 is 5.72. The van der Waals surface area contributed by atoms with Crippen molar-refractivity contribution in [3.05, 3.63) is 64.1 Å². The zero-order valence-electron chi connectivity index (χ0n) is 16.1. The molecule has 1 aromatic heterocycles. The number of carbonyl (C=O) groups excluding carboxylic acids is 1. The molecule has 5 nitrogen and oxygen atoms in total. The maximum atomic E-state index is 13.9. The zero-order chi connectivity index (χ0) is 21.3. The smallest absolute Gasteiger partial charge is 0.311 e. The quantitative estimate of drug-likeness (QED) is 0.555. The van der Waals surface area contributed by atoms with Crippen molar-refractivity contribution >= 4 is 34.4 Å². The van der Waals surface area contributed by atoms with Crippen LogP contribution in [-0.4, -0.2) is 26.7 Å². The Morgan fingerprint density at radius 2 is 1.93 bits per heavy atom. The van der Waals surface area contributed by atoms with E-state index >= 15 is 0 Å². The Labute approximate surface area is 172 Å². The van der Waals surface area contributed by atoms with Gasteiger partial charge in [0.2, 0.25) is 0 Å². The number of carboxylic acids is 1. The molecule has 7 heteroatoms. The highest BCUT2D eigenvalue weighted by Gasteiger charge is 2.29. The number of rotatable bonds is 6. The summed E-state index contributed by atoms with van der Waals surface area (Å²) in [5.41, 5.74) is 1.49. The third-order valence-corrected chi connectivity index (χ3v) is 5.41. The topological polar surface area (TPSA) is 79.5 Å². The SMILES string of the molecule is CCCC[C@H](C(=O)O)c1c(C)n(C(=O)c2ccc(Cl)c(F)c2)c2ccc(O)cc12.